The number of rotatable bonds is 3. The second-order valence-electron chi connectivity index (χ2n) is 14.3. The lowest BCUT2D eigenvalue weighted by atomic mass is 9.52. The van der Waals surface area contributed by atoms with E-state index in [4.69, 9.17) is 4.74 Å². The van der Waals surface area contributed by atoms with Crippen molar-refractivity contribution < 1.29 is 9.53 Å². The first-order chi connectivity index (χ1) is 16.6. The Morgan fingerprint density at radius 1 is 1.11 bits per heavy atom. The van der Waals surface area contributed by atoms with Crippen LogP contribution in [0, 0.1) is 40.9 Å². The molecule has 0 aromatic rings. The summed E-state index contributed by atoms with van der Waals surface area (Å²) >= 11 is 0. The maximum absolute atomic E-state index is 12.3. The topological polar surface area (TPSA) is 32.8 Å². The number of ketones is 1. The fourth-order valence-electron chi connectivity index (χ4n) is 10.5. The maximum Gasteiger partial charge on any atom is 0.133 e. The van der Waals surface area contributed by atoms with Crippen LogP contribution in [0.4, 0.5) is 0 Å². The molecule has 0 N–H and O–H groups in total. The summed E-state index contributed by atoms with van der Waals surface area (Å²) in [6, 6.07) is 0.563. The molecule has 6 aliphatic rings. The quantitative estimate of drug-likeness (QED) is 0.493. The zero-order chi connectivity index (χ0) is 24.7. The second-order valence-corrected chi connectivity index (χ2v) is 14.3. The van der Waals surface area contributed by atoms with Crippen LogP contribution >= 0.6 is 0 Å². The van der Waals surface area contributed by atoms with Gasteiger partial charge in [-0.3, -0.25) is 9.69 Å². The third-order valence-corrected chi connectivity index (χ3v) is 12.3. The first-order valence-electron chi connectivity index (χ1n) is 14.9. The van der Waals surface area contributed by atoms with E-state index in [0.717, 1.165) is 50.1 Å². The lowest BCUT2D eigenvalue weighted by Crippen LogP contribution is -2.53. The first kappa shape index (κ1) is 24.6. The van der Waals surface area contributed by atoms with E-state index >= 15 is 0 Å². The molecular weight excluding hydrogens is 432 g/mol. The molecule has 35 heavy (non-hydrogen) atoms. The van der Waals surface area contributed by atoms with E-state index in [9.17, 15) is 4.79 Å². The van der Waals surface area contributed by atoms with Gasteiger partial charge >= 0.3 is 0 Å². The summed E-state index contributed by atoms with van der Waals surface area (Å²) in [7, 11) is 4.40. The Kier molecular flexibility index (Phi) is 6.09. The van der Waals surface area contributed by atoms with Crippen LogP contribution < -0.4 is 0 Å². The van der Waals surface area contributed by atoms with Gasteiger partial charge in [-0.15, -0.1) is 0 Å². The van der Waals surface area contributed by atoms with E-state index in [1.807, 2.05) is 0 Å². The van der Waals surface area contributed by atoms with Crippen molar-refractivity contribution in [2.75, 3.05) is 33.7 Å². The van der Waals surface area contributed by atoms with Gasteiger partial charge in [-0.2, -0.15) is 0 Å². The van der Waals surface area contributed by atoms with Gasteiger partial charge in [-0.1, -0.05) is 26.3 Å². The third kappa shape index (κ3) is 3.67. The minimum Gasteiger partial charge on any atom is -0.365 e. The Hall–Kier alpha value is -0.710. The van der Waals surface area contributed by atoms with Crippen LogP contribution in [-0.4, -0.2) is 67.1 Å². The molecule has 1 spiro atoms. The molecule has 3 saturated carbocycles. The highest BCUT2D eigenvalue weighted by molar-refractivity contribution is 5.79. The molecule has 0 amide bonds. The molecule has 2 saturated heterocycles. The summed E-state index contributed by atoms with van der Waals surface area (Å²) in [4.78, 5) is 17.4. The van der Waals surface area contributed by atoms with Gasteiger partial charge in [0.2, 0.25) is 0 Å². The summed E-state index contributed by atoms with van der Waals surface area (Å²) in [6.07, 6.45) is 10.9. The molecule has 6 rings (SSSR count). The molecule has 0 unspecified atom stereocenters. The number of hydrogen-bond donors (Lipinski definition) is 0. The van der Waals surface area contributed by atoms with Crippen molar-refractivity contribution in [3.63, 3.8) is 0 Å². The van der Waals surface area contributed by atoms with Crippen LogP contribution in [0.5, 0.6) is 0 Å². The molecule has 4 nitrogen and oxygen atoms in total. The summed E-state index contributed by atoms with van der Waals surface area (Å²) in [5, 5.41) is 0. The van der Waals surface area contributed by atoms with Gasteiger partial charge < -0.3 is 9.64 Å². The third-order valence-electron chi connectivity index (χ3n) is 12.3. The van der Waals surface area contributed by atoms with Gasteiger partial charge in [0.25, 0.3) is 0 Å². The van der Waals surface area contributed by atoms with Crippen molar-refractivity contribution in [3.8, 4) is 0 Å². The lowest BCUT2D eigenvalue weighted by molar-refractivity contribution is -0.129. The van der Waals surface area contributed by atoms with Crippen molar-refractivity contribution in [2.45, 2.75) is 103 Å². The normalized spacial score (nSPS) is 49.9. The summed E-state index contributed by atoms with van der Waals surface area (Å²) in [6.45, 7) is 13.5. The monoisotopic (exact) mass is 482 g/mol. The number of allylic oxidation sites excluding steroid dienone is 1. The van der Waals surface area contributed by atoms with Gasteiger partial charge in [0.1, 0.15) is 5.78 Å². The van der Waals surface area contributed by atoms with Crippen LogP contribution in [0.3, 0.4) is 0 Å². The summed E-state index contributed by atoms with van der Waals surface area (Å²) < 4.78 is 7.28. The van der Waals surface area contributed by atoms with Crippen molar-refractivity contribution in [1.82, 2.24) is 9.80 Å². The molecule has 0 aromatic carbocycles. The number of piperidine rings is 1. The molecule has 4 aliphatic carbocycles. The van der Waals surface area contributed by atoms with E-state index in [1.165, 1.54) is 45.1 Å². The van der Waals surface area contributed by atoms with Gasteiger partial charge in [-0.25, -0.2) is 0 Å². The molecule has 0 bridgehead atoms. The SMILES string of the molecule is CC1=C2C[C@H]3[C@@H](CC[C@@H]4CC(=O)CC[C@@]43C)[C@@H]2CC[C@]12O[C@@H]1C[C@H](C)CN(CCN(C)C)[C@H]1[C@H]2C. The highest BCUT2D eigenvalue weighted by Crippen LogP contribution is 2.66. The largest absolute Gasteiger partial charge is 0.365 e. The molecule has 5 fully saturated rings. The van der Waals surface area contributed by atoms with E-state index in [2.05, 4.69) is 51.6 Å². The maximum atomic E-state index is 12.3. The van der Waals surface area contributed by atoms with Crippen LogP contribution in [0.25, 0.3) is 0 Å². The van der Waals surface area contributed by atoms with Gasteiger partial charge in [-0.05, 0) is 107 Å². The van der Waals surface area contributed by atoms with Crippen molar-refractivity contribution in [1.29, 1.82) is 0 Å². The number of nitrogens with zero attached hydrogens (tertiary/aromatic N) is 2. The van der Waals surface area contributed by atoms with Crippen LogP contribution in [0.2, 0.25) is 0 Å². The van der Waals surface area contributed by atoms with E-state index < -0.39 is 0 Å². The van der Waals surface area contributed by atoms with E-state index in [0.29, 0.717) is 41.1 Å². The van der Waals surface area contributed by atoms with Crippen molar-refractivity contribution in [3.05, 3.63) is 11.1 Å². The Labute approximate surface area is 214 Å². The Balaban J connectivity index is 1.30. The average molecular weight is 483 g/mol. The molecule has 196 valence electrons. The predicted molar refractivity (Wildman–Crippen MR) is 141 cm³/mol. The minimum absolute atomic E-state index is 0.0437. The number of ether oxygens (including phenoxy) is 1. The molecule has 2 aliphatic heterocycles. The molecule has 0 aromatic heterocycles. The number of carbonyl (C=O) groups is 1. The molecule has 4 heteroatoms. The molecule has 10 atom stereocenters. The number of fused-ring (bicyclic) bond motifs is 6. The predicted octanol–water partition coefficient (Wildman–Crippen LogP) is 5.56. The standard InChI is InChI=1S/C31H50N2O2/c1-19-15-28-29(33(18-19)14-13-32(5)6)21(3)31(35-28)12-10-24-25-8-7-22-16-23(34)9-11-30(22,4)27(25)17-26(24)20(31)2/h19,21-22,24-25,27-29H,7-18H2,1-6H3/t19-,21+,22+,24-,25-,27-,28+,29-,30-,31-/m0/s1. The smallest absolute Gasteiger partial charge is 0.133 e. The van der Waals surface area contributed by atoms with Crippen LogP contribution in [-0.2, 0) is 9.53 Å². The second kappa shape index (κ2) is 8.67. The van der Waals surface area contributed by atoms with Gasteiger partial charge in [0, 0.05) is 44.4 Å². The zero-order valence-corrected chi connectivity index (χ0v) is 23.3. The molecule has 0 radical (unpaired) electrons. The highest BCUT2D eigenvalue weighted by Gasteiger charge is 2.62. The van der Waals surface area contributed by atoms with Gasteiger partial charge in [0.05, 0.1) is 11.7 Å². The van der Waals surface area contributed by atoms with Crippen LogP contribution in [0.15, 0.2) is 11.1 Å². The summed E-state index contributed by atoms with van der Waals surface area (Å²) in [5.41, 5.74) is 3.77. The highest BCUT2D eigenvalue weighted by atomic mass is 16.5. The Morgan fingerprint density at radius 3 is 2.69 bits per heavy atom. The number of hydrogen-bond acceptors (Lipinski definition) is 4. The van der Waals surface area contributed by atoms with E-state index in [-0.39, 0.29) is 5.60 Å². The van der Waals surface area contributed by atoms with Gasteiger partial charge in [0.15, 0.2) is 0 Å². The molecule has 2 heterocycles. The Morgan fingerprint density at radius 2 is 1.91 bits per heavy atom. The minimum atomic E-state index is -0.0437. The molecular formula is C31H50N2O2. The van der Waals surface area contributed by atoms with Crippen molar-refractivity contribution >= 4 is 5.78 Å². The zero-order valence-electron chi connectivity index (χ0n) is 23.3. The first-order valence-corrected chi connectivity index (χ1v) is 14.9. The fraction of sp³-hybridized carbons (Fsp3) is 0.903. The van der Waals surface area contributed by atoms with E-state index in [1.54, 1.807) is 11.1 Å². The average Bonchev–Trinajstić information content (AvgIpc) is 3.32. The number of carbonyl (C=O) groups excluding carboxylic acids is 1. The van der Waals surface area contributed by atoms with Crippen LogP contribution in [0.1, 0.15) is 85.5 Å². The summed E-state index contributed by atoms with van der Waals surface area (Å²) in [5.74, 6) is 4.86. The number of Topliss-reactive ketones (excluding diaryl/α,β-unsaturated/α-hetero) is 1. The lowest BCUT2D eigenvalue weighted by Gasteiger charge is -2.52. The number of likely N-dealkylation sites (N-methyl/N-ethyl adjacent to an activating group) is 1. The number of likely N-dealkylation sites (tertiary alicyclic amines) is 1. The Bertz CT molecular complexity index is 896. The fourth-order valence-corrected chi connectivity index (χ4v) is 10.5. The van der Waals surface area contributed by atoms with Crippen molar-refractivity contribution in [2.24, 2.45) is 40.9 Å².